The average molecular weight is 628 g/mol. The van der Waals surface area contributed by atoms with Crippen molar-refractivity contribution in [1.29, 1.82) is 0 Å². The molecule has 0 heterocycles. The number of ether oxygens (including phenoxy) is 2. The zero-order valence-corrected chi connectivity index (χ0v) is 23.2. The third-order valence-electron chi connectivity index (χ3n) is 5.65. The summed E-state index contributed by atoms with van der Waals surface area (Å²) in [6, 6.07) is 13.1. The largest absolute Gasteiger partial charge is 0.490 e. The summed E-state index contributed by atoms with van der Waals surface area (Å²) in [7, 11) is -4.03. The first kappa shape index (κ1) is 33.1. The molecule has 0 aliphatic heterocycles. The van der Waals surface area contributed by atoms with Crippen molar-refractivity contribution in [3.63, 3.8) is 0 Å². The fourth-order valence-corrected chi connectivity index (χ4v) is 4.80. The SMILES string of the molecule is C=C/C(N)=C\C(=C/COc1ccc(S(=O)(=O)c2ccc(Oc3cc(NCCN)cc(C(F)(F)F)c3)cc2)cc1)C(F)(F)F. The molecule has 0 aromatic heterocycles. The molecule has 14 heteroatoms. The third-order valence-corrected chi connectivity index (χ3v) is 7.44. The van der Waals surface area contributed by atoms with Crippen LogP contribution in [-0.2, 0) is 16.0 Å². The molecule has 0 unspecified atom stereocenters. The molecule has 0 radical (unpaired) electrons. The summed E-state index contributed by atoms with van der Waals surface area (Å²) in [5.74, 6) is 0.0725. The Morgan fingerprint density at radius 3 is 1.98 bits per heavy atom. The van der Waals surface area contributed by atoms with Gasteiger partial charge in [-0.15, -0.1) is 0 Å². The Morgan fingerprint density at radius 2 is 1.47 bits per heavy atom. The van der Waals surface area contributed by atoms with Crippen molar-refractivity contribution in [2.45, 2.75) is 22.1 Å². The van der Waals surface area contributed by atoms with E-state index in [2.05, 4.69) is 11.9 Å². The van der Waals surface area contributed by atoms with Gasteiger partial charge in [0, 0.05) is 30.5 Å². The highest BCUT2D eigenvalue weighted by Crippen LogP contribution is 2.36. The van der Waals surface area contributed by atoms with Crippen LogP contribution in [0.4, 0.5) is 32.0 Å². The Morgan fingerprint density at radius 1 is 0.884 bits per heavy atom. The number of alkyl halides is 6. The van der Waals surface area contributed by atoms with Gasteiger partial charge in [0.25, 0.3) is 0 Å². The standard InChI is InChI=1S/C29H27F6N3O4S/c1-2-21(37)15-19(28(30,31)32)11-14-41-23-3-7-26(8-4-23)43(39,40)27-9-5-24(6-10-27)42-25-17-20(29(33,34)35)16-22(18-25)38-13-12-36/h2-11,15-18,38H,1,12-14,36-37H2/b19-11+,21-15+. The lowest BCUT2D eigenvalue weighted by Gasteiger charge is -2.14. The molecule has 0 bridgehead atoms. The summed E-state index contributed by atoms with van der Waals surface area (Å²) < 4.78 is 116. The Hall–Kier alpha value is -4.43. The Labute approximate surface area is 244 Å². The monoisotopic (exact) mass is 627 g/mol. The average Bonchev–Trinajstić information content (AvgIpc) is 2.95. The number of hydrogen-bond donors (Lipinski definition) is 3. The van der Waals surface area contributed by atoms with E-state index in [1.165, 1.54) is 54.6 Å². The van der Waals surface area contributed by atoms with Gasteiger partial charge in [-0.1, -0.05) is 6.58 Å². The van der Waals surface area contributed by atoms with Crippen LogP contribution in [0.1, 0.15) is 5.56 Å². The Balaban J connectivity index is 1.73. The minimum Gasteiger partial charge on any atom is -0.490 e. The van der Waals surface area contributed by atoms with Gasteiger partial charge in [-0.25, -0.2) is 8.42 Å². The molecule has 230 valence electrons. The second-order valence-electron chi connectivity index (χ2n) is 8.82. The Kier molecular flexibility index (Phi) is 10.5. The summed E-state index contributed by atoms with van der Waals surface area (Å²) in [4.78, 5) is -0.262. The fourth-order valence-electron chi connectivity index (χ4n) is 3.54. The van der Waals surface area contributed by atoms with Crippen LogP contribution in [0.3, 0.4) is 0 Å². The molecule has 0 aliphatic carbocycles. The lowest BCUT2D eigenvalue weighted by molar-refractivity contribution is -0.137. The lowest BCUT2D eigenvalue weighted by Crippen LogP contribution is -2.14. The van der Waals surface area contributed by atoms with Crippen molar-refractivity contribution in [3.8, 4) is 17.2 Å². The summed E-state index contributed by atoms with van der Waals surface area (Å²) >= 11 is 0. The molecule has 0 aliphatic rings. The molecule has 0 saturated carbocycles. The normalized spacial score (nSPS) is 13.0. The van der Waals surface area contributed by atoms with E-state index in [9.17, 15) is 34.8 Å². The molecule has 3 rings (SSSR count). The summed E-state index contributed by atoms with van der Waals surface area (Å²) in [6.07, 6.45) is -6.75. The van der Waals surface area contributed by atoms with Crippen LogP contribution in [0.2, 0.25) is 0 Å². The van der Waals surface area contributed by atoms with Crippen molar-refractivity contribution >= 4 is 15.5 Å². The minimum atomic E-state index is -4.67. The first-order valence-electron chi connectivity index (χ1n) is 12.4. The molecule has 7 nitrogen and oxygen atoms in total. The fraction of sp³-hybridized carbons (Fsp3) is 0.172. The van der Waals surface area contributed by atoms with Gasteiger partial charge in [0.2, 0.25) is 9.84 Å². The van der Waals surface area contributed by atoms with Crippen LogP contribution in [0.15, 0.2) is 113 Å². The molecular formula is C29H27F6N3O4S. The highest BCUT2D eigenvalue weighted by molar-refractivity contribution is 7.91. The van der Waals surface area contributed by atoms with Gasteiger partial charge in [-0.2, -0.15) is 26.3 Å². The Bertz CT molecular complexity index is 1580. The van der Waals surface area contributed by atoms with Gasteiger partial charge in [0.15, 0.2) is 0 Å². The van der Waals surface area contributed by atoms with E-state index >= 15 is 0 Å². The van der Waals surface area contributed by atoms with Gasteiger partial charge in [0.1, 0.15) is 23.9 Å². The lowest BCUT2D eigenvalue weighted by atomic mass is 10.1. The number of hydrogen-bond acceptors (Lipinski definition) is 7. The van der Waals surface area contributed by atoms with Crippen molar-refractivity contribution in [3.05, 3.63) is 108 Å². The van der Waals surface area contributed by atoms with Crippen LogP contribution in [0.25, 0.3) is 0 Å². The number of anilines is 1. The second-order valence-corrected chi connectivity index (χ2v) is 10.8. The maximum atomic E-state index is 13.3. The molecular weight excluding hydrogens is 600 g/mol. The number of nitrogens with two attached hydrogens (primary N) is 2. The van der Waals surface area contributed by atoms with Gasteiger partial charge < -0.3 is 26.3 Å². The van der Waals surface area contributed by atoms with Crippen molar-refractivity contribution in [2.75, 3.05) is 25.0 Å². The third kappa shape index (κ3) is 9.28. The topological polar surface area (TPSA) is 117 Å². The second kappa shape index (κ2) is 13.7. The number of nitrogens with one attached hydrogen (secondary N) is 1. The molecule has 0 spiro atoms. The van der Waals surface area contributed by atoms with E-state index in [-0.39, 0.29) is 51.5 Å². The van der Waals surface area contributed by atoms with Crippen LogP contribution in [-0.4, -0.2) is 34.3 Å². The number of rotatable bonds is 12. The highest BCUT2D eigenvalue weighted by atomic mass is 32.2. The molecule has 3 aromatic carbocycles. The van der Waals surface area contributed by atoms with Gasteiger partial charge in [-0.3, -0.25) is 0 Å². The highest BCUT2D eigenvalue weighted by Gasteiger charge is 2.32. The van der Waals surface area contributed by atoms with E-state index in [0.717, 1.165) is 24.3 Å². The summed E-state index contributed by atoms with van der Waals surface area (Å²) in [6.45, 7) is 3.26. The van der Waals surface area contributed by atoms with Crippen molar-refractivity contribution in [2.24, 2.45) is 11.5 Å². The maximum absolute atomic E-state index is 13.3. The zero-order chi connectivity index (χ0) is 31.8. The van der Waals surface area contributed by atoms with Crippen LogP contribution in [0.5, 0.6) is 17.2 Å². The van der Waals surface area contributed by atoms with Crippen LogP contribution in [0, 0.1) is 0 Å². The first-order valence-corrected chi connectivity index (χ1v) is 13.9. The van der Waals surface area contributed by atoms with Gasteiger partial charge in [0.05, 0.1) is 20.9 Å². The van der Waals surface area contributed by atoms with E-state index in [1.807, 2.05) is 0 Å². The van der Waals surface area contributed by atoms with Crippen molar-refractivity contribution in [1.82, 2.24) is 0 Å². The predicted octanol–water partition coefficient (Wildman–Crippen LogP) is 6.60. The number of halogens is 6. The quantitative estimate of drug-likeness (QED) is 0.153. The molecule has 5 N–H and O–H groups in total. The van der Waals surface area contributed by atoms with Crippen molar-refractivity contribution < 1.29 is 44.2 Å². The number of benzene rings is 3. The van der Waals surface area contributed by atoms with E-state index in [1.54, 1.807) is 0 Å². The van der Waals surface area contributed by atoms with Gasteiger partial charge in [-0.05, 0) is 78.9 Å². The van der Waals surface area contributed by atoms with E-state index in [4.69, 9.17) is 20.9 Å². The van der Waals surface area contributed by atoms with Gasteiger partial charge >= 0.3 is 12.4 Å². The molecule has 43 heavy (non-hydrogen) atoms. The number of sulfone groups is 1. The molecule has 3 aromatic rings. The molecule has 0 atom stereocenters. The first-order chi connectivity index (χ1) is 20.1. The van der Waals surface area contributed by atoms with Crippen LogP contribution < -0.4 is 26.3 Å². The van der Waals surface area contributed by atoms with E-state index < -0.39 is 39.9 Å². The minimum absolute atomic E-state index is 0.0859. The maximum Gasteiger partial charge on any atom is 0.416 e. The molecule has 0 saturated heterocycles. The number of allylic oxidation sites excluding steroid dienone is 3. The van der Waals surface area contributed by atoms with E-state index in [0.29, 0.717) is 6.08 Å². The zero-order valence-electron chi connectivity index (χ0n) is 22.4. The predicted molar refractivity (Wildman–Crippen MR) is 149 cm³/mol. The molecule has 0 fully saturated rings. The smallest absolute Gasteiger partial charge is 0.416 e. The summed E-state index contributed by atoms with van der Waals surface area (Å²) in [5.41, 5.74) is 8.79. The summed E-state index contributed by atoms with van der Waals surface area (Å²) in [5, 5.41) is 2.76. The van der Waals surface area contributed by atoms with Crippen LogP contribution >= 0.6 is 0 Å². The molecule has 0 amide bonds.